The number of benzene rings is 1. The van der Waals surface area contributed by atoms with Crippen LogP contribution in [0.4, 0.5) is 21.6 Å². The molecule has 0 atom stereocenters. The number of anilines is 3. The fraction of sp³-hybridized carbons (Fsp3) is 0.304. The van der Waals surface area contributed by atoms with Crippen molar-refractivity contribution in [3.05, 3.63) is 40.8 Å². The number of carbonyl (C=O) groups is 3. The minimum absolute atomic E-state index is 0.00955. The third-order valence-corrected chi connectivity index (χ3v) is 6.44. The molecule has 1 aromatic carbocycles. The van der Waals surface area contributed by atoms with Crippen molar-refractivity contribution in [3.63, 3.8) is 0 Å². The lowest BCUT2D eigenvalue weighted by Gasteiger charge is -2.23. The summed E-state index contributed by atoms with van der Waals surface area (Å²) in [5.74, 6) is -1.96. The first-order valence-corrected chi connectivity index (χ1v) is 12.4. The molecule has 11 nitrogen and oxygen atoms in total. The quantitative estimate of drug-likeness (QED) is 0.345. The van der Waals surface area contributed by atoms with Gasteiger partial charge in [-0.25, -0.2) is 9.37 Å². The predicted molar refractivity (Wildman–Crippen MR) is 146 cm³/mol. The van der Waals surface area contributed by atoms with E-state index in [4.69, 9.17) is 28.3 Å². The molecule has 0 bridgehead atoms. The van der Waals surface area contributed by atoms with Crippen molar-refractivity contribution in [2.75, 3.05) is 31.8 Å². The number of thiazole rings is 1. The zero-order valence-corrected chi connectivity index (χ0v) is 22.1. The standard InChI is InChI=1S/C23H21B3FN7O4S/c1-34(2)22(37)15-9-28-21(39-15)12-6-11(27)7-14(18(12)38-3)29-13-8-16(30-19(35)10-4-5-10)32-33-17(13)20(36)31-23(24,25)26/h6-10H,4-5H2,1-3H3,(H,31,36)(H2,29,30,32,35). The highest BCUT2D eigenvalue weighted by molar-refractivity contribution is 7.17. The van der Waals surface area contributed by atoms with E-state index in [0.717, 1.165) is 30.2 Å². The Morgan fingerprint density at radius 2 is 1.85 bits per heavy atom. The van der Waals surface area contributed by atoms with E-state index in [-0.39, 0.29) is 51.9 Å². The first-order valence-electron chi connectivity index (χ1n) is 11.6. The van der Waals surface area contributed by atoms with Gasteiger partial charge in [0.25, 0.3) is 11.8 Å². The molecule has 0 unspecified atom stereocenters. The molecule has 3 N–H and O–H groups in total. The number of carbonyl (C=O) groups excluding carboxylic acids is 3. The predicted octanol–water partition coefficient (Wildman–Crippen LogP) is 1.39. The van der Waals surface area contributed by atoms with Gasteiger partial charge in [-0.2, -0.15) is 0 Å². The molecule has 16 heteroatoms. The van der Waals surface area contributed by atoms with Crippen LogP contribution in [0.3, 0.4) is 0 Å². The molecule has 3 aromatic rings. The maximum atomic E-state index is 14.8. The van der Waals surface area contributed by atoms with E-state index in [2.05, 4.69) is 31.1 Å². The SMILES string of the molecule is [B]C([B])([B])NC(=O)c1nnc(NC(=O)C2CC2)cc1Nc1cc(F)cc(-c2ncc(C(=O)N(C)C)s2)c1OC. The zero-order valence-electron chi connectivity index (χ0n) is 21.2. The van der Waals surface area contributed by atoms with E-state index in [1.54, 1.807) is 14.1 Å². The zero-order chi connectivity index (χ0) is 28.5. The normalized spacial score (nSPS) is 12.9. The third-order valence-electron chi connectivity index (χ3n) is 5.42. The van der Waals surface area contributed by atoms with E-state index in [0.29, 0.717) is 9.88 Å². The Bertz CT molecular complexity index is 1440. The number of rotatable bonds is 9. The summed E-state index contributed by atoms with van der Waals surface area (Å²) in [5, 5.41) is 13.8. The van der Waals surface area contributed by atoms with Gasteiger partial charge in [0.15, 0.2) is 17.3 Å². The van der Waals surface area contributed by atoms with Crippen LogP contribution in [0.2, 0.25) is 0 Å². The first kappa shape index (κ1) is 28.1. The number of ether oxygens (including phenoxy) is 1. The third kappa shape index (κ3) is 6.74. The van der Waals surface area contributed by atoms with Crippen LogP contribution in [-0.4, -0.2) is 87.8 Å². The molecular weight excluding hydrogens is 522 g/mol. The van der Waals surface area contributed by atoms with Gasteiger partial charge in [-0.05, 0) is 18.9 Å². The van der Waals surface area contributed by atoms with Crippen LogP contribution >= 0.6 is 11.3 Å². The van der Waals surface area contributed by atoms with E-state index < -0.39 is 17.0 Å². The van der Waals surface area contributed by atoms with E-state index >= 15 is 0 Å². The van der Waals surface area contributed by atoms with E-state index in [1.165, 1.54) is 30.3 Å². The average molecular weight is 543 g/mol. The summed E-state index contributed by atoms with van der Waals surface area (Å²) in [4.78, 5) is 43.4. The fourth-order valence-electron chi connectivity index (χ4n) is 3.47. The number of hydrogen-bond acceptors (Lipinski definition) is 9. The molecule has 1 aliphatic rings. The van der Waals surface area contributed by atoms with Gasteiger partial charge in [-0.3, -0.25) is 14.4 Å². The molecule has 1 aliphatic carbocycles. The van der Waals surface area contributed by atoms with Crippen LogP contribution in [0.25, 0.3) is 10.6 Å². The van der Waals surface area contributed by atoms with E-state index in [1.807, 2.05) is 0 Å². The fourth-order valence-corrected chi connectivity index (χ4v) is 4.42. The molecule has 2 aromatic heterocycles. The maximum Gasteiger partial charge on any atom is 0.272 e. The van der Waals surface area contributed by atoms with Crippen LogP contribution in [0.5, 0.6) is 5.75 Å². The largest absolute Gasteiger partial charge is 0.494 e. The molecule has 0 spiro atoms. The maximum absolute atomic E-state index is 14.8. The van der Waals surface area contributed by atoms with Crippen molar-refractivity contribution in [2.45, 2.75) is 18.1 Å². The Balaban J connectivity index is 1.75. The lowest BCUT2D eigenvalue weighted by molar-refractivity contribution is -0.117. The highest BCUT2D eigenvalue weighted by atomic mass is 32.1. The molecule has 194 valence electrons. The van der Waals surface area contributed by atoms with Crippen molar-refractivity contribution in [2.24, 2.45) is 5.92 Å². The summed E-state index contributed by atoms with van der Waals surface area (Å²) in [7, 11) is 21.1. The van der Waals surface area contributed by atoms with Gasteiger partial charge in [-0.1, -0.05) is 5.24 Å². The Labute approximate surface area is 231 Å². The number of hydrogen-bond donors (Lipinski definition) is 3. The molecule has 39 heavy (non-hydrogen) atoms. The number of aromatic nitrogens is 3. The van der Waals surface area contributed by atoms with Gasteiger partial charge in [0.2, 0.25) is 5.91 Å². The highest BCUT2D eigenvalue weighted by Gasteiger charge is 2.30. The second-order valence-electron chi connectivity index (χ2n) is 9.03. The van der Waals surface area contributed by atoms with Gasteiger partial charge < -0.3 is 25.6 Å². The summed E-state index contributed by atoms with van der Waals surface area (Å²) >= 11 is 1.06. The van der Waals surface area contributed by atoms with Crippen LogP contribution in [-0.2, 0) is 4.79 Å². The topological polar surface area (TPSA) is 138 Å². The Hall–Kier alpha value is -3.94. The minimum Gasteiger partial charge on any atom is -0.494 e. The highest BCUT2D eigenvalue weighted by Crippen LogP contribution is 2.41. The lowest BCUT2D eigenvalue weighted by atomic mass is 9.49. The second kappa shape index (κ2) is 11.0. The van der Waals surface area contributed by atoms with Gasteiger partial charge in [0.1, 0.15) is 15.7 Å². The minimum atomic E-state index is -2.06. The van der Waals surface area contributed by atoms with Crippen LogP contribution in [0, 0.1) is 11.7 Å². The number of halogens is 1. The van der Waals surface area contributed by atoms with Crippen molar-refractivity contribution >= 4 is 69.8 Å². The van der Waals surface area contributed by atoms with Gasteiger partial charge in [0, 0.05) is 32.1 Å². The Morgan fingerprint density at radius 3 is 2.46 bits per heavy atom. The number of amides is 3. The van der Waals surface area contributed by atoms with Gasteiger partial charge in [0.05, 0.1) is 53.8 Å². The summed E-state index contributed by atoms with van der Waals surface area (Å²) in [6, 6.07) is 3.68. The lowest BCUT2D eigenvalue weighted by Crippen LogP contribution is -2.50. The van der Waals surface area contributed by atoms with Gasteiger partial charge in [-0.15, -0.1) is 21.5 Å². The molecule has 6 radical (unpaired) electrons. The number of nitrogens with one attached hydrogen (secondary N) is 3. The molecule has 2 heterocycles. The number of nitrogens with zero attached hydrogens (tertiary/aromatic N) is 4. The summed E-state index contributed by atoms with van der Waals surface area (Å²) in [5.41, 5.74) is 0.0497. The van der Waals surface area contributed by atoms with E-state index in [9.17, 15) is 18.8 Å². The number of methoxy groups -OCH3 is 1. The van der Waals surface area contributed by atoms with Gasteiger partial charge >= 0.3 is 0 Å². The van der Waals surface area contributed by atoms with Crippen LogP contribution in [0.15, 0.2) is 24.4 Å². The summed E-state index contributed by atoms with van der Waals surface area (Å²) < 4.78 is 20.4. The molecule has 4 rings (SSSR count). The van der Waals surface area contributed by atoms with Crippen LogP contribution in [0.1, 0.15) is 33.0 Å². The molecule has 3 amide bonds. The molecule has 1 saturated carbocycles. The molecule has 0 aliphatic heterocycles. The summed E-state index contributed by atoms with van der Waals surface area (Å²) in [6.45, 7) is 0. The monoisotopic (exact) mass is 543 g/mol. The smallest absolute Gasteiger partial charge is 0.272 e. The first-order chi connectivity index (χ1) is 18.4. The Kier molecular flexibility index (Phi) is 7.95. The van der Waals surface area contributed by atoms with Crippen molar-refractivity contribution < 1.29 is 23.5 Å². The van der Waals surface area contributed by atoms with Crippen molar-refractivity contribution in [1.82, 2.24) is 25.4 Å². The second-order valence-corrected chi connectivity index (χ2v) is 10.1. The average Bonchev–Trinajstić information content (AvgIpc) is 3.59. The molecular formula is C23H21B3FN7O4S. The summed E-state index contributed by atoms with van der Waals surface area (Å²) in [6.07, 6.45) is 2.92. The molecule has 0 saturated heterocycles. The van der Waals surface area contributed by atoms with Crippen molar-refractivity contribution in [3.8, 4) is 16.3 Å². The molecule has 1 fully saturated rings. The van der Waals surface area contributed by atoms with Crippen LogP contribution < -0.4 is 20.7 Å². The van der Waals surface area contributed by atoms with Crippen molar-refractivity contribution in [1.29, 1.82) is 0 Å². The Morgan fingerprint density at radius 1 is 1.13 bits per heavy atom.